The fourth-order valence-corrected chi connectivity index (χ4v) is 2.26. The van der Waals surface area contributed by atoms with Gasteiger partial charge in [0.15, 0.2) is 0 Å². The van der Waals surface area contributed by atoms with Crippen LogP contribution in [0.25, 0.3) is 0 Å². The number of hydrogen-bond donors (Lipinski definition) is 2. The van der Waals surface area contributed by atoms with Gasteiger partial charge in [-0.2, -0.15) is 0 Å². The fraction of sp³-hybridized carbons (Fsp3) is 0.267. The summed E-state index contributed by atoms with van der Waals surface area (Å²) in [6.07, 6.45) is 0.588. The highest BCUT2D eigenvalue weighted by molar-refractivity contribution is 6.34. The molecule has 1 aromatic carbocycles. The van der Waals surface area contributed by atoms with Gasteiger partial charge in [-0.05, 0) is 31.5 Å². The van der Waals surface area contributed by atoms with E-state index >= 15 is 0 Å². The van der Waals surface area contributed by atoms with E-state index in [0.29, 0.717) is 39.7 Å². The predicted molar refractivity (Wildman–Crippen MR) is 83.4 cm³/mol. The Labute approximate surface area is 132 Å². The number of aromatic nitrogens is 1. The minimum absolute atomic E-state index is 0.291. The Morgan fingerprint density at radius 2 is 2.05 bits per heavy atom. The first-order valence-electron chi connectivity index (χ1n) is 6.76. The standard InChI is InChI=1S/C15H16ClN3O3/c1-4-12-13(8(2)22-19-12)15(21)18-9-5-6-11(16)10(7-9)14(20)17-3/h5-7H,4H2,1-3H3,(H,17,20)(H,18,21). The van der Waals surface area contributed by atoms with E-state index in [1.165, 1.54) is 13.1 Å². The molecule has 0 aliphatic heterocycles. The number of nitrogens with zero attached hydrogens (tertiary/aromatic N) is 1. The monoisotopic (exact) mass is 321 g/mol. The van der Waals surface area contributed by atoms with Crippen molar-refractivity contribution in [1.82, 2.24) is 10.5 Å². The summed E-state index contributed by atoms with van der Waals surface area (Å²) in [7, 11) is 1.51. The van der Waals surface area contributed by atoms with Crippen LogP contribution < -0.4 is 10.6 Å². The van der Waals surface area contributed by atoms with E-state index in [-0.39, 0.29) is 11.8 Å². The number of aryl methyl sites for hydroxylation is 2. The highest BCUT2D eigenvalue weighted by Crippen LogP contribution is 2.22. The molecule has 0 atom stereocenters. The Morgan fingerprint density at radius 1 is 1.32 bits per heavy atom. The average Bonchev–Trinajstić information content (AvgIpc) is 2.89. The third-order valence-electron chi connectivity index (χ3n) is 3.19. The number of carbonyl (C=O) groups is 2. The number of rotatable bonds is 4. The number of carbonyl (C=O) groups excluding carboxylic acids is 2. The van der Waals surface area contributed by atoms with Gasteiger partial charge in [0, 0.05) is 12.7 Å². The zero-order valence-electron chi connectivity index (χ0n) is 12.5. The molecule has 2 N–H and O–H groups in total. The van der Waals surface area contributed by atoms with E-state index in [4.69, 9.17) is 16.1 Å². The van der Waals surface area contributed by atoms with Gasteiger partial charge in [-0.15, -0.1) is 0 Å². The molecule has 116 valence electrons. The SMILES string of the molecule is CCc1noc(C)c1C(=O)Nc1ccc(Cl)c(C(=O)NC)c1. The van der Waals surface area contributed by atoms with Gasteiger partial charge in [0.2, 0.25) is 0 Å². The largest absolute Gasteiger partial charge is 0.361 e. The predicted octanol–water partition coefficient (Wildman–Crippen LogP) is 2.81. The molecule has 0 bridgehead atoms. The second-order valence-electron chi connectivity index (χ2n) is 4.64. The molecule has 1 heterocycles. The van der Waals surface area contributed by atoms with Crippen LogP contribution >= 0.6 is 11.6 Å². The van der Waals surface area contributed by atoms with Gasteiger partial charge in [-0.1, -0.05) is 23.7 Å². The van der Waals surface area contributed by atoms with Gasteiger partial charge in [0.25, 0.3) is 11.8 Å². The lowest BCUT2D eigenvalue weighted by atomic mass is 10.1. The summed E-state index contributed by atoms with van der Waals surface area (Å²) < 4.78 is 5.05. The van der Waals surface area contributed by atoms with Crippen molar-refractivity contribution in [2.45, 2.75) is 20.3 Å². The van der Waals surface area contributed by atoms with Crippen LogP contribution in [0.15, 0.2) is 22.7 Å². The van der Waals surface area contributed by atoms with Crippen molar-refractivity contribution < 1.29 is 14.1 Å². The Bertz CT molecular complexity index is 725. The molecule has 2 amide bonds. The number of amides is 2. The lowest BCUT2D eigenvalue weighted by Gasteiger charge is -2.08. The second kappa shape index (κ2) is 6.62. The van der Waals surface area contributed by atoms with Crippen LogP contribution in [0.4, 0.5) is 5.69 Å². The van der Waals surface area contributed by atoms with E-state index in [9.17, 15) is 9.59 Å². The van der Waals surface area contributed by atoms with Crippen molar-refractivity contribution in [3.63, 3.8) is 0 Å². The first-order chi connectivity index (χ1) is 10.5. The maximum atomic E-state index is 12.4. The smallest absolute Gasteiger partial charge is 0.261 e. The van der Waals surface area contributed by atoms with Gasteiger partial charge in [0.05, 0.1) is 16.3 Å². The number of halogens is 1. The minimum Gasteiger partial charge on any atom is -0.361 e. The van der Waals surface area contributed by atoms with Gasteiger partial charge < -0.3 is 15.2 Å². The van der Waals surface area contributed by atoms with Crippen LogP contribution in [-0.4, -0.2) is 24.0 Å². The molecule has 0 fully saturated rings. The molecule has 2 aromatic rings. The molecule has 0 spiro atoms. The average molecular weight is 322 g/mol. The van der Waals surface area contributed by atoms with Gasteiger partial charge in [-0.3, -0.25) is 9.59 Å². The summed E-state index contributed by atoms with van der Waals surface area (Å²) in [6, 6.07) is 4.71. The lowest BCUT2D eigenvalue weighted by molar-refractivity contribution is 0.0961. The van der Waals surface area contributed by atoms with Gasteiger partial charge in [-0.25, -0.2) is 0 Å². The Balaban J connectivity index is 2.29. The molecule has 0 aliphatic carbocycles. The summed E-state index contributed by atoms with van der Waals surface area (Å²) in [6.45, 7) is 3.57. The van der Waals surface area contributed by atoms with Crippen molar-refractivity contribution >= 4 is 29.1 Å². The minimum atomic E-state index is -0.333. The Hall–Kier alpha value is -2.34. The molecule has 0 aliphatic rings. The van der Waals surface area contributed by atoms with E-state index in [1.54, 1.807) is 19.1 Å². The van der Waals surface area contributed by atoms with Crippen LogP contribution in [0.1, 0.15) is 39.1 Å². The molecule has 7 heteroatoms. The van der Waals surface area contributed by atoms with Crippen LogP contribution in [0.3, 0.4) is 0 Å². The second-order valence-corrected chi connectivity index (χ2v) is 5.05. The van der Waals surface area contributed by atoms with E-state index in [2.05, 4.69) is 15.8 Å². The van der Waals surface area contributed by atoms with Crippen LogP contribution in [-0.2, 0) is 6.42 Å². The van der Waals surface area contributed by atoms with Crippen molar-refractivity contribution in [3.05, 3.63) is 45.8 Å². The molecular weight excluding hydrogens is 306 g/mol. The third kappa shape index (κ3) is 3.12. The van der Waals surface area contributed by atoms with Crippen molar-refractivity contribution in [2.24, 2.45) is 0 Å². The summed E-state index contributed by atoms with van der Waals surface area (Å²) in [5.41, 5.74) is 1.77. The molecule has 0 saturated heterocycles. The molecule has 0 unspecified atom stereocenters. The maximum Gasteiger partial charge on any atom is 0.261 e. The first-order valence-corrected chi connectivity index (χ1v) is 7.13. The summed E-state index contributed by atoms with van der Waals surface area (Å²) in [4.78, 5) is 24.1. The van der Waals surface area contributed by atoms with E-state index in [0.717, 1.165) is 0 Å². The molecule has 2 rings (SSSR count). The summed E-state index contributed by atoms with van der Waals surface area (Å²) in [5, 5.41) is 9.39. The quantitative estimate of drug-likeness (QED) is 0.907. The van der Waals surface area contributed by atoms with Crippen molar-refractivity contribution in [2.75, 3.05) is 12.4 Å². The molecule has 0 radical (unpaired) electrons. The molecule has 0 saturated carbocycles. The Kier molecular flexibility index (Phi) is 4.82. The summed E-state index contributed by atoms with van der Waals surface area (Å²) in [5.74, 6) is -0.202. The van der Waals surface area contributed by atoms with Crippen LogP contribution in [0.5, 0.6) is 0 Å². The number of hydrogen-bond acceptors (Lipinski definition) is 4. The highest BCUT2D eigenvalue weighted by atomic mass is 35.5. The maximum absolute atomic E-state index is 12.4. The summed E-state index contributed by atoms with van der Waals surface area (Å²) >= 11 is 5.98. The highest BCUT2D eigenvalue weighted by Gasteiger charge is 2.20. The van der Waals surface area contributed by atoms with E-state index < -0.39 is 0 Å². The fourth-order valence-electron chi connectivity index (χ4n) is 2.06. The van der Waals surface area contributed by atoms with Crippen LogP contribution in [0, 0.1) is 6.92 Å². The van der Waals surface area contributed by atoms with Gasteiger partial charge in [0.1, 0.15) is 11.3 Å². The van der Waals surface area contributed by atoms with E-state index in [1.807, 2.05) is 6.92 Å². The molecule has 1 aromatic heterocycles. The zero-order valence-corrected chi connectivity index (χ0v) is 13.2. The third-order valence-corrected chi connectivity index (χ3v) is 3.52. The topological polar surface area (TPSA) is 84.2 Å². The zero-order chi connectivity index (χ0) is 16.3. The van der Waals surface area contributed by atoms with Crippen molar-refractivity contribution in [3.8, 4) is 0 Å². The first kappa shape index (κ1) is 16.0. The Morgan fingerprint density at radius 3 is 2.68 bits per heavy atom. The number of benzene rings is 1. The lowest BCUT2D eigenvalue weighted by Crippen LogP contribution is -2.19. The molecular formula is C15H16ClN3O3. The molecule has 22 heavy (non-hydrogen) atoms. The van der Waals surface area contributed by atoms with Gasteiger partial charge >= 0.3 is 0 Å². The van der Waals surface area contributed by atoms with Crippen LogP contribution in [0.2, 0.25) is 5.02 Å². The van der Waals surface area contributed by atoms with Crippen molar-refractivity contribution in [1.29, 1.82) is 0 Å². The normalized spacial score (nSPS) is 10.4. The number of anilines is 1. The number of nitrogens with one attached hydrogen (secondary N) is 2. The molecule has 6 nitrogen and oxygen atoms in total.